The molecule has 0 N–H and O–H groups in total. The van der Waals surface area contributed by atoms with Gasteiger partial charge in [0, 0.05) is 0 Å². The Balaban J connectivity index is 0. The van der Waals surface area contributed by atoms with Crippen molar-refractivity contribution in [2.75, 3.05) is 0 Å². The zero-order valence-corrected chi connectivity index (χ0v) is 3.95. The Bertz CT molecular complexity index is 8.49. The largest absolute Gasteiger partial charge is 0.269 e. The van der Waals surface area contributed by atoms with Gasteiger partial charge in [-0.2, -0.15) is 13.5 Å². The summed E-state index contributed by atoms with van der Waals surface area (Å²) in [6, 6.07) is 0. The lowest BCUT2D eigenvalue weighted by Gasteiger charge is -0.270. The zero-order valence-electron chi connectivity index (χ0n) is 2.95. The van der Waals surface area contributed by atoms with Crippen LogP contribution in [0.3, 0.4) is 0 Å². The highest BCUT2D eigenvalue weighted by molar-refractivity contribution is 7.59. The first-order chi connectivity index (χ1) is 0. The highest BCUT2D eigenvalue weighted by Gasteiger charge is -0.0775. The lowest BCUT2D eigenvalue weighted by Crippen LogP contribution is 0.144. The van der Waals surface area contributed by atoms with Crippen molar-refractivity contribution in [1.82, 2.24) is 0 Å². The summed E-state index contributed by atoms with van der Waals surface area (Å²) >= 11 is 0. The molecule has 0 aromatic heterocycles. The topological polar surface area (TPSA) is 0 Å². The van der Waals surface area contributed by atoms with E-state index in [0.717, 1.165) is 0 Å². The third kappa shape index (κ3) is 29400. The van der Waals surface area contributed by atoms with Crippen LogP contribution in [0.1, 0.15) is 7.43 Å². The molecule has 0 unspecified atom stereocenters. The number of hydrogen-bond acceptors (Lipinski definition) is 0. The minimum atomic E-state index is 0. The lowest BCUT2D eigenvalue weighted by atomic mass is 12.0. The second kappa shape index (κ2) is 49700. The molecule has 64 valence electrons. The van der Waals surface area contributed by atoms with Crippen LogP contribution in [0.2, 0.25) is 0 Å². The molecule has 0 nitrogen and oxygen atoms in total. The molecule has 0 rings (SSSR count). The Hall–Kier alpha value is -0.0700. The second-order valence-corrected chi connectivity index (χ2v) is 0. The van der Waals surface area contributed by atoms with Gasteiger partial charge in [-0.05, 0) is 0 Å². The Labute approximate surface area is 50.3 Å². The fraction of sp³-hybridized carbons (Fsp3) is 1.00. The van der Waals surface area contributed by atoms with Gasteiger partial charge in [-0.1, -0.05) is 7.43 Å². The van der Waals surface area contributed by atoms with E-state index in [9.17, 15) is 0 Å². The first-order valence-corrected chi connectivity index (χ1v) is 0. The van der Waals surface area contributed by atoms with E-state index in [2.05, 4.69) is 0 Å². The van der Waals surface area contributed by atoms with Crippen LogP contribution >= 0.6 is 13.5 Å². The van der Waals surface area contributed by atoms with Gasteiger partial charge < -0.3 is 0 Å². The second-order valence-electron chi connectivity index (χ2n) is 0. The van der Waals surface area contributed by atoms with Crippen LogP contribution in [0.5, 0.6) is 0 Å². The van der Waals surface area contributed by atoms with Gasteiger partial charge in [0.25, 0.3) is 0 Å². The molecule has 0 heterocycles. The monoisotopic (exact) mass is 170 g/mol. The van der Waals surface area contributed by atoms with Crippen molar-refractivity contribution < 1.29 is 28.2 Å². The van der Waals surface area contributed by atoms with Crippen LogP contribution in [0.25, 0.3) is 0 Å². The summed E-state index contributed by atoms with van der Waals surface area (Å²) in [6.07, 6.45) is 0. The van der Waals surface area contributed by atoms with E-state index in [1.165, 1.54) is 0 Å². The molecule has 7 heteroatoms. The SMILES string of the molecule is C.F.F.F.F.F.F.S. The molecule has 0 saturated heterocycles. The normalized spacial score (nSPS) is 0. The highest BCUT2D eigenvalue weighted by atomic mass is 32.1. The summed E-state index contributed by atoms with van der Waals surface area (Å²) in [6.45, 7) is 0. The molecule has 0 radical (unpaired) electrons. The smallest absolute Gasteiger partial charge is 0.0776 e. The Morgan fingerprint density at radius 3 is 0.375 bits per heavy atom. The Morgan fingerprint density at radius 1 is 0.375 bits per heavy atom. The van der Waals surface area contributed by atoms with Crippen LogP contribution in [0.15, 0.2) is 0 Å². The molecule has 0 amide bonds. The van der Waals surface area contributed by atoms with Gasteiger partial charge in [0.05, 0.1) is 0 Å². The van der Waals surface area contributed by atoms with E-state index in [-0.39, 0.29) is 49.1 Å². The van der Waals surface area contributed by atoms with E-state index in [1.807, 2.05) is 0 Å². The number of rotatable bonds is 0. The molecule has 0 aromatic carbocycles. The van der Waals surface area contributed by atoms with Crippen molar-refractivity contribution >= 4 is 13.5 Å². The minimum Gasteiger partial charge on any atom is -0.269 e. The molecule has 0 aromatic rings. The minimum absolute atomic E-state index is 0. The third-order valence-corrected chi connectivity index (χ3v) is 0. The summed E-state index contributed by atoms with van der Waals surface area (Å²) in [7, 11) is 0. The summed E-state index contributed by atoms with van der Waals surface area (Å²) in [4.78, 5) is 0. The predicted molar refractivity (Wildman–Crippen MR) is 32.1 cm³/mol. The molecule has 0 spiro atoms. The van der Waals surface area contributed by atoms with E-state index >= 15 is 0 Å². The molecule has 0 aliphatic heterocycles. The standard InChI is InChI=1S/CH4.6FH.H2S/h1H4;6*1H;1H2. The van der Waals surface area contributed by atoms with Crippen LogP contribution in [-0.4, -0.2) is 0 Å². The molecule has 0 atom stereocenters. The molecule has 0 aliphatic rings. The number of hydrogen-bond donors (Lipinski definition) is 0. The maximum absolute atomic E-state index is 0. The Kier molecular flexibility index (Phi) is 483000000. The highest BCUT2D eigenvalue weighted by Crippen LogP contribution is 0.648. The summed E-state index contributed by atoms with van der Waals surface area (Å²) < 4.78 is 0. The maximum atomic E-state index is 0. The quantitative estimate of drug-likeness (QED) is 0.485. The molecular weight excluding hydrogens is 158 g/mol. The van der Waals surface area contributed by atoms with E-state index < -0.39 is 0 Å². The fourth-order valence-corrected chi connectivity index (χ4v) is 0. The predicted octanol–water partition coefficient (Wildman–Crippen LogP) is 1.66. The molecule has 0 bridgehead atoms. The average molecular weight is 170 g/mol. The van der Waals surface area contributed by atoms with Crippen LogP contribution in [-0.2, 0) is 0 Å². The van der Waals surface area contributed by atoms with Gasteiger partial charge in [0.1, 0.15) is 0 Å². The van der Waals surface area contributed by atoms with Crippen molar-refractivity contribution in [1.29, 1.82) is 0 Å². The molecule has 0 aliphatic carbocycles. The van der Waals surface area contributed by atoms with Gasteiger partial charge >= 0.3 is 0 Å². The maximum Gasteiger partial charge on any atom is -0.0776 e. The first kappa shape index (κ1) is 77700. The van der Waals surface area contributed by atoms with Crippen LogP contribution in [0.4, 0.5) is 28.2 Å². The van der Waals surface area contributed by atoms with E-state index in [1.54, 1.807) is 0 Å². The fourth-order valence-electron chi connectivity index (χ4n) is 0. The Morgan fingerprint density at radius 2 is 0.375 bits per heavy atom. The molecule has 0 saturated carbocycles. The van der Waals surface area contributed by atoms with E-state index in [0.29, 0.717) is 0 Å². The van der Waals surface area contributed by atoms with Crippen molar-refractivity contribution in [3.63, 3.8) is 0 Å². The van der Waals surface area contributed by atoms with Crippen LogP contribution in [0, 0.1) is 0 Å². The molecule has 8 heavy (non-hydrogen) atoms. The van der Waals surface area contributed by atoms with Gasteiger partial charge in [0.15, 0.2) is 0 Å². The van der Waals surface area contributed by atoms with Gasteiger partial charge in [-0.15, -0.1) is 0 Å². The average Bonchev–Trinajstić information content (AvgIpc) is 0. The van der Waals surface area contributed by atoms with Crippen molar-refractivity contribution in [3.05, 3.63) is 0 Å². The zero-order chi connectivity index (χ0) is 0. The van der Waals surface area contributed by atoms with E-state index in [4.69, 9.17) is 0 Å². The van der Waals surface area contributed by atoms with Crippen molar-refractivity contribution in [2.24, 2.45) is 0 Å². The first-order valence-electron chi connectivity index (χ1n) is 0. The van der Waals surface area contributed by atoms with Crippen LogP contribution < -0.4 is 0 Å². The lowest BCUT2D eigenvalue weighted by molar-refractivity contribution is 1.11. The van der Waals surface area contributed by atoms with Gasteiger partial charge in [0.2, 0.25) is 0 Å². The molecular formula is CH12F6S. The summed E-state index contributed by atoms with van der Waals surface area (Å²) in [5.41, 5.74) is 0. The summed E-state index contributed by atoms with van der Waals surface area (Å²) in [5.74, 6) is 0. The third-order valence-electron chi connectivity index (χ3n) is 0. The van der Waals surface area contributed by atoms with Gasteiger partial charge in [-0.25, -0.2) is 0 Å². The summed E-state index contributed by atoms with van der Waals surface area (Å²) in [5, 5.41) is 0. The van der Waals surface area contributed by atoms with Gasteiger partial charge in [-0.3, -0.25) is 28.2 Å². The molecule has 0 fully saturated rings. The number of halogens is 6. The van der Waals surface area contributed by atoms with Crippen molar-refractivity contribution in [2.45, 2.75) is 7.43 Å². The van der Waals surface area contributed by atoms with Crippen molar-refractivity contribution in [3.8, 4) is 0 Å².